The van der Waals surface area contributed by atoms with Crippen molar-refractivity contribution in [2.75, 3.05) is 5.75 Å². The van der Waals surface area contributed by atoms with Gasteiger partial charge in [-0.15, -0.1) is 11.8 Å². The molecule has 34 heavy (non-hydrogen) atoms. The smallest absolute Gasteiger partial charge is 0.243 e. The molecule has 0 aliphatic heterocycles. The van der Waals surface area contributed by atoms with E-state index in [1.807, 2.05) is 37.3 Å². The second-order valence-corrected chi connectivity index (χ2v) is 11.0. The van der Waals surface area contributed by atoms with Crippen LogP contribution in [-0.4, -0.2) is 34.6 Å². The number of nitrogens with zero attached hydrogens (tertiary/aromatic N) is 1. The molecule has 2 amide bonds. The summed E-state index contributed by atoms with van der Waals surface area (Å²) < 4.78 is 0. The molecule has 184 valence electrons. The van der Waals surface area contributed by atoms with Crippen LogP contribution in [0.2, 0.25) is 15.1 Å². The number of rotatable bonds is 11. The summed E-state index contributed by atoms with van der Waals surface area (Å²) in [6.07, 6.45) is 5.92. The van der Waals surface area contributed by atoms with Crippen LogP contribution in [0.3, 0.4) is 0 Å². The molecule has 1 aliphatic carbocycles. The second kappa shape index (κ2) is 13.6. The molecule has 0 aromatic heterocycles. The lowest BCUT2D eigenvalue weighted by Gasteiger charge is -2.31. The van der Waals surface area contributed by atoms with Crippen molar-refractivity contribution in [3.05, 3.63) is 63.1 Å². The minimum Gasteiger partial charge on any atom is -0.352 e. The van der Waals surface area contributed by atoms with Crippen LogP contribution in [0, 0.1) is 0 Å². The summed E-state index contributed by atoms with van der Waals surface area (Å²) in [6.45, 7) is 2.26. The van der Waals surface area contributed by atoms with Crippen molar-refractivity contribution in [2.24, 2.45) is 0 Å². The number of amides is 2. The van der Waals surface area contributed by atoms with Crippen LogP contribution in [0.4, 0.5) is 0 Å². The molecule has 0 unspecified atom stereocenters. The Bertz CT molecular complexity index is 965. The van der Waals surface area contributed by atoms with Crippen molar-refractivity contribution in [1.29, 1.82) is 0 Å². The van der Waals surface area contributed by atoms with E-state index in [4.69, 9.17) is 34.8 Å². The molecule has 3 rings (SSSR count). The summed E-state index contributed by atoms with van der Waals surface area (Å²) >= 11 is 19.9. The number of thioether (sulfide) groups is 1. The zero-order valence-electron chi connectivity index (χ0n) is 19.4. The van der Waals surface area contributed by atoms with E-state index in [1.54, 1.807) is 28.8 Å². The van der Waals surface area contributed by atoms with Gasteiger partial charge in [-0.05, 0) is 73.4 Å². The van der Waals surface area contributed by atoms with E-state index in [0.717, 1.165) is 41.9 Å². The SMILES string of the molecule is CC[C@@H](C(=O)NC1CCCC1)N(Cc1ccc(Cl)c(Cl)c1)C(=O)CCCSc1ccc(Cl)cc1. The first-order valence-electron chi connectivity index (χ1n) is 11.8. The minimum atomic E-state index is -0.522. The Kier molecular flexibility index (Phi) is 10.9. The van der Waals surface area contributed by atoms with Crippen molar-refractivity contribution < 1.29 is 9.59 Å². The first-order chi connectivity index (χ1) is 16.4. The van der Waals surface area contributed by atoms with Gasteiger partial charge in [0, 0.05) is 28.9 Å². The Balaban J connectivity index is 1.66. The van der Waals surface area contributed by atoms with Gasteiger partial charge in [0.15, 0.2) is 0 Å². The van der Waals surface area contributed by atoms with Crippen LogP contribution >= 0.6 is 46.6 Å². The highest BCUT2D eigenvalue weighted by atomic mass is 35.5. The van der Waals surface area contributed by atoms with E-state index in [9.17, 15) is 9.59 Å². The molecule has 2 aromatic rings. The lowest BCUT2D eigenvalue weighted by molar-refractivity contribution is -0.141. The average molecular weight is 542 g/mol. The van der Waals surface area contributed by atoms with Crippen molar-refractivity contribution in [3.8, 4) is 0 Å². The van der Waals surface area contributed by atoms with E-state index in [0.29, 0.717) is 40.9 Å². The maximum absolute atomic E-state index is 13.4. The van der Waals surface area contributed by atoms with Crippen molar-refractivity contribution >= 4 is 58.4 Å². The standard InChI is InChI=1S/C26H31Cl3N2O2S/c1-2-24(26(33)30-20-6-3-4-7-20)31(17-18-9-14-22(28)23(29)16-18)25(32)8-5-15-34-21-12-10-19(27)11-13-21/h9-14,16,20,24H,2-8,15,17H2,1H3,(H,30,33)/t24-/m0/s1. The Morgan fingerprint density at radius 3 is 2.41 bits per heavy atom. The Hall–Kier alpha value is -1.40. The summed E-state index contributed by atoms with van der Waals surface area (Å²) in [5.41, 5.74) is 0.852. The van der Waals surface area contributed by atoms with E-state index < -0.39 is 6.04 Å². The van der Waals surface area contributed by atoms with Crippen LogP contribution in [0.1, 0.15) is 57.4 Å². The van der Waals surface area contributed by atoms with Gasteiger partial charge < -0.3 is 10.2 Å². The molecule has 1 fully saturated rings. The van der Waals surface area contributed by atoms with E-state index >= 15 is 0 Å². The first kappa shape index (κ1) is 27.2. The molecule has 0 spiro atoms. The summed E-state index contributed by atoms with van der Waals surface area (Å²) in [4.78, 5) is 29.3. The number of benzene rings is 2. The van der Waals surface area contributed by atoms with Gasteiger partial charge in [-0.25, -0.2) is 0 Å². The third-order valence-electron chi connectivity index (χ3n) is 6.04. The Morgan fingerprint density at radius 2 is 1.76 bits per heavy atom. The quantitative estimate of drug-likeness (QED) is 0.238. The van der Waals surface area contributed by atoms with Gasteiger partial charge in [0.05, 0.1) is 10.0 Å². The van der Waals surface area contributed by atoms with Crippen LogP contribution in [0.25, 0.3) is 0 Å². The van der Waals surface area contributed by atoms with E-state index in [-0.39, 0.29) is 17.9 Å². The maximum Gasteiger partial charge on any atom is 0.243 e. The third kappa shape index (κ3) is 8.08. The minimum absolute atomic E-state index is 0.0313. The molecule has 2 aromatic carbocycles. The van der Waals surface area contributed by atoms with Gasteiger partial charge in [0.2, 0.25) is 11.8 Å². The maximum atomic E-state index is 13.4. The molecule has 1 saturated carbocycles. The van der Waals surface area contributed by atoms with Crippen molar-refractivity contribution in [1.82, 2.24) is 10.2 Å². The zero-order valence-corrected chi connectivity index (χ0v) is 22.5. The lowest BCUT2D eigenvalue weighted by Crippen LogP contribution is -2.50. The molecule has 8 heteroatoms. The lowest BCUT2D eigenvalue weighted by atomic mass is 10.1. The van der Waals surface area contributed by atoms with Crippen LogP contribution < -0.4 is 5.32 Å². The highest BCUT2D eigenvalue weighted by molar-refractivity contribution is 7.99. The average Bonchev–Trinajstić information content (AvgIpc) is 3.33. The van der Waals surface area contributed by atoms with E-state index in [2.05, 4.69) is 5.32 Å². The Morgan fingerprint density at radius 1 is 1.06 bits per heavy atom. The molecule has 0 heterocycles. The number of hydrogen-bond acceptors (Lipinski definition) is 3. The van der Waals surface area contributed by atoms with Crippen LogP contribution in [0.15, 0.2) is 47.4 Å². The molecule has 1 atom stereocenters. The highest BCUT2D eigenvalue weighted by Crippen LogP contribution is 2.26. The number of hydrogen-bond donors (Lipinski definition) is 1. The monoisotopic (exact) mass is 540 g/mol. The highest BCUT2D eigenvalue weighted by Gasteiger charge is 2.30. The van der Waals surface area contributed by atoms with Crippen LogP contribution in [0.5, 0.6) is 0 Å². The van der Waals surface area contributed by atoms with Gasteiger partial charge >= 0.3 is 0 Å². The van der Waals surface area contributed by atoms with Gasteiger partial charge in [-0.3, -0.25) is 9.59 Å². The van der Waals surface area contributed by atoms with Crippen LogP contribution in [-0.2, 0) is 16.1 Å². The third-order valence-corrected chi connectivity index (χ3v) is 8.13. The van der Waals surface area contributed by atoms with Gasteiger partial charge in [0.25, 0.3) is 0 Å². The van der Waals surface area contributed by atoms with Crippen molar-refractivity contribution in [2.45, 2.75) is 75.4 Å². The molecule has 0 bridgehead atoms. The fraction of sp³-hybridized carbons (Fsp3) is 0.462. The Labute approximate surface area is 221 Å². The molecule has 1 N–H and O–H groups in total. The molecule has 4 nitrogen and oxygen atoms in total. The molecule has 0 radical (unpaired) electrons. The number of halogens is 3. The normalized spacial score (nSPS) is 14.7. The van der Waals surface area contributed by atoms with Gasteiger partial charge in [-0.2, -0.15) is 0 Å². The molecular formula is C26H31Cl3N2O2S. The molecule has 1 aliphatic rings. The number of nitrogens with one attached hydrogen (secondary N) is 1. The number of carbonyl (C=O) groups is 2. The fourth-order valence-electron chi connectivity index (χ4n) is 4.21. The summed E-state index contributed by atoms with van der Waals surface area (Å²) in [5, 5.41) is 4.78. The largest absolute Gasteiger partial charge is 0.352 e. The predicted molar refractivity (Wildman–Crippen MR) is 143 cm³/mol. The zero-order chi connectivity index (χ0) is 24.5. The predicted octanol–water partition coefficient (Wildman–Crippen LogP) is 7.39. The molecular weight excluding hydrogens is 511 g/mol. The summed E-state index contributed by atoms with van der Waals surface area (Å²) in [6, 6.07) is 12.7. The first-order valence-corrected chi connectivity index (χ1v) is 13.9. The number of carbonyl (C=O) groups excluding carboxylic acids is 2. The summed E-state index contributed by atoms with van der Waals surface area (Å²) in [5.74, 6) is 0.702. The van der Waals surface area contributed by atoms with Gasteiger partial charge in [0.1, 0.15) is 6.04 Å². The topological polar surface area (TPSA) is 49.4 Å². The van der Waals surface area contributed by atoms with E-state index in [1.165, 1.54) is 0 Å². The second-order valence-electron chi connectivity index (χ2n) is 8.59. The van der Waals surface area contributed by atoms with Gasteiger partial charge in [-0.1, -0.05) is 60.6 Å². The molecule has 0 saturated heterocycles. The fourth-order valence-corrected chi connectivity index (χ4v) is 5.51. The summed E-state index contributed by atoms with van der Waals surface area (Å²) in [7, 11) is 0. The van der Waals surface area contributed by atoms with Crippen molar-refractivity contribution in [3.63, 3.8) is 0 Å².